The summed E-state index contributed by atoms with van der Waals surface area (Å²) in [6.45, 7) is 2.36. The van der Waals surface area contributed by atoms with E-state index < -0.39 is 21.7 Å². The van der Waals surface area contributed by atoms with Crippen LogP contribution in [0.5, 0.6) is 0 Å². The van der Waals surface area contributed by atoms with Crippen LogP contribution in [-0.2, 0) is 10.0 Å². The first-order valence-electron chi connectivity index (χ1n) is 7.10. The maximum atomic E-state index is 13.1. The Bertz CT molecular complexity index is 798. The highest BCUT2D eigenvalue weighted by Gasteiger charge is 2.16. The Morgan fingerprint density at radius 3 is 2.54 bits per heavy atom. The normalized spacial score (nSPS) is 12.7. The van der Waals surface area contributed by atoms with Crippen molar-refractivity contribution in [3.63, 3.8) is 0 Å². The second-order valence-corrected chi connectivity index (χ2v) is 6.96. The van der Waals surface area contributed by atoms with Crippen LogP contribution in [0, 0.1) is 17.6 Å². The number of benzene rings is 1. The van der Waals surface area contributed by atoms with Crippen LogP contribution in [0.2, 0.25) is 0 Å². The van der Waals surface area contributed by atoms with Crippen molar-refractivity contribution in [2.24, 2.45) is 5.92 Å². The Hall–Kier alpha value is -2.26. The summed E-state index contributed by atoms with van der Waals surface area (Å²) in [4.78, 5) is 3.86. The van der Waals surface area contributed by atoms with Crippen LogP contribution in [0.3, 0.4) is 0 Å². The van der Waals surface area contributed by atoms with E-state index in [1.807, 2.05) is 6.92 Å². The van der Waals surface area contributed by atoms with Crippen molar-refractivity contribution in [1.82, 2.24) is 4.98 Å². The maximum absolute atomic E-state index is 13.1. The highest BCUT2D eigenvalue weighted by molar-refractivity contribution is 7.92. The molecule has 1 aromatic heterocycles. The number of rotatable bonds is 7. The fourth-order valence-corrected chi connectivity index (χ4v) is 2.75. The first-order chi connectivity index (χ1) is 11.3. The summed E-state index contributed by atoms with van der Waals surface area (Å²) in [6, 6.07) is 5.52. The summed E-state index contributed by atoms with van der Waals surface area (Å²) in [5.74, 6) is -1.72. The van der Waals surface area contributed by atoms with Crippen molar-refractivity contribution < 1.29 is 22.3 Å². The van der Waals surface area contributed by atoms with Gasteiger partial charge >= 0.3 is 0 Å². The molecule has 0 radical (unpaired) electrons. The van der Waals surface area contributed by atoms with Crippen molar-refractivity contribution in [3.05, 3.63) is 48.2 Å². The van der Waals surface area contributed by atoms with Gasteiger partial charge in [0.25, 0.3) is 10.0 Å². The zero-order valence-corrected chi connectivity index (χ0v) is 13.6. The van der Waals surface area contributed by atoms with Crippen molar-refractivity contribution in [2.75, 3.05) is 23.2 Å². The van der Waals surface area contributed by atoms with Crippen molar-refractivity contribution in [3.8, 4) is 0 Å². The van der Waals surface area contributed by atoms with Crippen LogP contribution >= 0.6 is 0 Å². The van der Waals surface area contributed by atoms with E-state index in [1.165, 1.54) is 12.1 Å². The van der Waals surface area contributed by atoms with Gasteiger partial charge in [-0.1, -0.05) is 6.92 Å². The molecular formula is C15H17F2N3O3S. The van der Waals surface area contributed by atoms with Gasteiger partial charge in [0.1, 0.15) is 10.7 Å². The molecule has 0 bridgehead atoms. The molecule has 130 valence electrons. The molecule has 1 heterocycles. The van der Waals surface area contributed by atoms with Crippen molar-refractivity contribution >= 4 is 21.5 Å². The van der Waals surface area contributed by atoms with Crippen molar-refractivity contribution in [2.45, 2.75) is 11.8 Å². The number of halogens is 2. The molecule has 0 aliphatic carbocycles. The molecule has 0 saturated heterocycles. The Balaban J connectivity index is 2.10. The molecule has 3 N–H and O–H groups in total. The summed E-state index contributed by atoms with van der Waals surface area (Å²) >= 11 is 0. The Morgan fingerprint density at radius 2 is 1.96 bits per heavy atom. The minimum absolute atomic E-state index is 0.0254. The molecule has 9 heteroatoms. The standard InChI is InChI=1S/C15H17F2N3O3S/c1-10(9-21)7-18-15-5-3-12(8-19-15)24(22,23)20-11-2-4-13(16)14(17)6-11/h2-6,8,10,20-21H,7,9H2,1H3,(H,18,19). The molecule has 1 unspecified atom stereocenters. The number of hydrogen-bond donors (Lipinski definition) is 3. The molecule has 0 fully saturated rings. The topological polar surface area (TPSA) is 91.3 Å². The fraction of sp³-hybridized carbons (Fsp3) is 0.267. The fourth-order valence-electron chi connectivity index (χ4n) is 1.76. The van der Waals surface area contributed by atoms with Crippen LogP contribution < -0.4 is 10.0 Å². The number of pyridine rings is 1. The lowest BCUT2D eigenvalue weighted by Gasteiger charge is -2.11. The lowest BCUT2D eigenvalue weighted by Crippen LogP contribution is -2.16. The highest BCUT2D eigenvalue weighted by Crippen LogP contribution is 2.18. The van der Waals surface area contributed by atoms with Crippen LogP contribution in [0.15, 0.2) is 41.4 Å². The zero-order valence-electron chi connectivity index (χ0n) is 12.8. The second kappa shape index (κ2) is 7.54. The Morgan fingerprint density at radius 1 is 1.21 bits per heavy atom. The summed E-state index contributed by atoms with van der Waals surface area (Å²) in [6.07, 6.45) is 1.15. The average molecular weight is 357 g/mol. The van der Waals surface area contributed by atoms with Gasteiger partial charge in [-0.25, -0.2) is 22.2 Å². The summed E-state index contributed by atoms with van der Waals surface area (Å²) in [5, 5.41) is 11.9. The van der Waals surface area contributed by atoms with Gasteiger partial charge < -0.3 is 10.4 Å². The van der Waals surface area contributed by atoms with Gasteiger partial charge in [-0.15, -0.1) is 0 Å². The van der Waals surface area contributed by atoms with E-state index in [0.29, 0.717) is 12.4 Å². The molecule has 1 atom stereocenters. The van der Waals surface area contributed by atoms with E-state index in [4.69, 9.17) is 5.11 Å². The van der Waals surface area contributed by atoms with E-state index in [0.717, 1.165) is 24.4 Å². The van der Waals surface area contributed by atoms with Crippen LogP contribution in [-0.4, -0.2) is 31.7 Å². The predicted octanol–water partition coefficient (Wildman–Crippen LogP) is 2.20. The van der Waals surface area contributed by atoms with Gasteiger partial charge in [-0.3, -0.25) is 4.72 Å². The number of nitrogens with zero attached hydrogens (tertiary/aromatic N) is 1. The molecule has 2 aromatic rings. The third-order valence-electron chi connectivity index (χ3n) is 3.16. The molecule has 0 saturated carbocycles. The molecule has 0 aliphatic rings. The number of anilines is 2. The molecule has 6 nitrogen and oxygen atoms in total. The smallest absolute Gasteiger partial charge is 0.263 e. The minimum Gasteiger partial charge on any atom is -0.396 e. The molecule has 0 aliphatic heterocycles. The SMILES string of the molecule is CC(CO)CNc1ccc(S(=O)(=O)Nc2ccc(F)c(F)c2)cn1. The van der Waals surface area contributed by atoms with Gasteiger partial charge in [-0.2, -0.15) is 0 Å². The molecule has 24 heavy (non-hydrogen) atoms. The quantitative estimate of drug-likeness (QED) is 0.707. The average Bonchev–Trinajstić information content (AvgIpc) is 2.56. The highest BCUT2D eigenvalue weighted by atomic mass is 32.2. The van der Waals surface area contributed by atoms with Crippen molar-refractivity contribution in [1.29, 1.82) is 0 Å². The third kappa shape index (κ3) is 4.62. The van der Waals surface area contributed by atoms with Crippen LogP contribution in [0.4, 0.5) is 20.3 Å². The maximum Gasteiger partial charge on any atom is 0.263 e. The number of aliphatic hydroxyl groups excluding tert-OH is 1. The molecule has 2 rings (SSSR count). The van der Waals surface area contributed by atoms with E-state index in [2.05, 4.69) is 15.0 Å². The number of aliphatic hydroxyl groups is 1. The summed E-state index contributed by atoms with van der Waals surface area (Å²) in [7, 11) is -3.97. The van der Waals surface area contributed by atoms with Gasteiger partial charge in [0, 0.05) is 25.4 Å². The summed E-state index contributed by atoms with van der Waals surface area (Å²) < 4.78 is 52.6. The predicted molar refractivity (Wildman–Crippen MR) is 86.1 cm³/mol. The first-order valence-corrected chi connectivity index (χ1v) is 8.59. The lowest BCUT2D eigenvalue weighted by atomic mass is 10.2. The molecule has 0 amide bonds. The summed E-state index contributed by atoms with van der Waals surface area (Å²) in [5.41, 5.74) is -0.0899. The number of sulfonamides is 1. The van der Waals surface area contributed by atoms with E-state index in [-0.39, 0.29) is 23.1 Å². The molecule has 0 spiro atoms. The monoisotopic (exact) mass is 357 g/mol. The minimum atomic E-state index is -3.97. The first kappa shape index (κ1) is 18.1. The molecule has 1 aromatic carbocycles. The number of aromatic nitrogens is 1. The van der Waals surface area contributed by atoms with E-state index in [9.17, 15) is 17.2 Å². The van der Waals surface area contributed by atoms with Gasteiger partial charge in [0.15, 0.2) is 11.6 Å². The lowest BCUT2D eigenvalue weighted by molar-refractivity contribution is 0.244. The van der Waals surface area contributed by atoms with Gasteiger partial charge in [0.2, 0.25) is 0 Å². The largest absolute Gasteiger partial charge is 0.396 e. The van der Waals surface area contributed by atoms with Crippen LogP contribution in [0.25, 0.3) is 0 Å². The second-order valence-electron chi connectivity index (χ2n) is 5.28. The van der Waals surface area contributed by atoms with Gasteiger partial charge in [-0.05, 0) is 30.2 Å². The van der Waals surface area contributed by atoms with Crippen LogP contribution in [0.1, 0.15) is 6.92 Å². The van der Waals surface area contributed by atoms with Gasteiger partial charge in [0.05, 0.1) is 5.69 Å². The molecular weight excluding hydrogens is 340 g/mol. The third-order valence-corrected chi connectivity index (χ3v) is 4.53. The number of hydrogen-bond acceptors (Lipinski definition) is 5. The van der Waals surface area contributed by atoms with E-state index in [1.54, 1.807) is 0 Å². The number of nitrogens with one attached hydrogen (secondary N) is 2. The van der Waals surface area contributed by atoms with E-state index >= 15 is 0 Å². The Labute approximate surface area is 138 Å². The zero-order chi connectivity index (χ0) is 17.7. The Kier molecular flexibility index (Phi) is 5.68.